The molecule has 0 aliphatic heterocycles. The average molecular weight is 347 g/mol. The van der Waals surface area contributed by atoms with Crippen LogP contribution in [0.15, 0.2) is 67.0 Å². The minimum atomic E-state index is -0.224. The molecule has 132 valence electrons. The number of nitrogens with zero attached hydrogens (tertiary/aromatic N) is 2. The van der Waals surface area contributed by atoms with E-state index in [1.165, 1.54) is 0 Å². The first-order valence-electron chi connectivity index (χ1n) is 8.50. The summed E-state index contributed by atoms with van der Waals surface area (Å²) >= 11 is 0. The summed E-state index contributed by atoms with van der Waals surface area (Å²) in [5.41, 5.74) is 2.71. The smallest absolute Gasteiger partial charge is 0.227 e. The lowest BCUT2D eigenvalue weighted by molar-refractivity contribution is -0.122. The summed E-state index contributed by atoms with van der Waals surface area (Å²) in [6, 6.07) is 17.1. The lowest BCUT2D eigenvalue weighted by Gasteiger charge is -2.14. The van der Waals surface area contributed by atoms with Crippen LogP contribution in [0.4, 0.5) is 0 Å². The molecule has 0 bridgehead atoms. The summed E-state index contributed by atoms with van der Waals surface area (Å²) in [5.74, 6) is 0.812. The maximum atomic E-state index is 12.4. The summed E-state index contributed by atoms with van der Waals surface area (Å²) in [7, 11) is 0. The van der Waals surface area contributed by atoms with Crippen LogP contribution < -0.4 is 10.1 Å². The molecule has 0 aliphatic rings. The number of aryl methyl sites for hydroxylation is 1. The van der Waals surface area contributed by atoms with Gasteiger partial charge in [0.1, 0.15) is 5.75 Å². The van der Waals surface area contributed by atoms with E-state index in [0.717, 1.165) is 16.8 Å². The van der Waals surface area contributed by atoms with Gasteiger partial charge in [-0.05, 0) is 37.6 Å². The van der Waals surface area contributed by atoms with E-state index in [0.29, 0.717) is 18.2 Å². The number of rotatable bonds is 6. The zero-order chi connectivity index (χ0) is 18.4. The molecule has 5 nitrogen and oxygen atoms in total. The van der Waals surface area contributed by atoms with E-state index in [4.69, 9.17) is 4.74 Å². The molecule has 1 aromatic carbocycles. The van der Waals surface area contributed by atoms with Crippen LogP contribution in [0.2, 0.25) is 0 Å². The topological polar surface area (TPSA) is 64.1 Å². The minimum Gasteiger partial charge on any atom is -0.437 e. The normalized spacial score (nSPS) is 11.6. The molecular weight excluding hydrogens is 326 g/mol. The second-order valence-corrected chi connectivity index (χ2v) is 6.06. The van der Waals surface area contributed by atoms with Gasteiger partial charge in [-0.3, -0.25) is 9.78 Å². The number of amides is 1. The van der Waals surface area contributed by atoms with Crippen molar-refractivity contribution in [2.45, 2.75) is 26.3 Å². The summed E-state index contributed by atoms with van der Waals surface area (Å²) in [6.07, 6.45) is 3.32. The van der Waals surface area contributed by atoms with Gasteiger partial charge in [-0.2, -0.15) is 0 Å². The molecular formula is C21H21N3O2. The first kappa shape index (κ1) is 17.6. The van der Waals surface area contributed by atoms with Gasteiger partial charge >= 0.3 is 0 Å². The molecule has 0 saturated carbocycles. The van der Waals surface area contributed by atoms with Crippen molar-refractivity contribution in [1.29, 1.82) is 0 Å². The number of nitrogens with one attached hydrogen (secondary N) is 1. The minimum absolute atomic E-state index is 0.0389. The Morgan fingerprint density at radius 1 is 1.08 bits per heavy atom. The Morgan fingerprint density at radius 3 is 2.62 bits per heavy atom. The molecule has 1 atom stereocenters. The highest BCUT2D eigenvalue weighted by Gasteiger charge is 2.15. The first-order valence-corrected chi connectivity index (χ1v) is 8.50. The maximum Gasteiger partial charge on any atom is 0.227 e. The van der Waals surface area contributed by atoms with Gasteiger partial charge in [-0.1, -0.05) is 36.4 Å². The average Bonchev–Trinajstić information content (AvgIpc) is 2.69. The monoisotopic (exact) mass is 347 g/mol. The van der Waals surface area contributed by atoms with Crippen molar-refractivity contribution >= 4 is 5.91 Å². The van der Waals surface area contributed by atoms with Crippen LogP contribution in [0.25, 0.3) is 0 Å². The number of hydrogen-bond acceptors (Lipinski definition) is 4. The van der Waals surface area contributed by atoms with Crippen molar-refractivity contribution in [2.75, 3.05) is 0 Å². The fraction of sp³-hybridized carbons (Fsp3) is 0.190. The number of carbonyl (C=O) groups is 1. The van der Waals surface area contributed by atoms with E-state index < -0.39 is 0 Å². The molecule has 26 heavy (non-hydrogen) atoms. The van der Waals surface area contributed by atoms with E-state index in [1.807, 2.05) is 68.4 Å². The van der Waals surface area contributed by atoms with E-state index in [2.05, 4.69) is 15.3 Å². The van der Waals surface area contributed by atoms with Crippen molar-refractivity contribution in [1.82, 2.24) is 15.3 Å². The van der Waals surface area contributed by atoms with E-state index in [1.54, 1.807) is 12.4 Å². The van der Waals surface area contributed by atoms with Crippen LogP contribution in [0.3, 0.4) is 0 Å². The first-order chi connectivity index (χ1) is 12.6. The summed E-state index contributed by atoms with van der Waals surface area (Å²) in [4.78, 5) is 20.9. The van der Waals surface area contributed by atoms with Crippen molar-refractivity contribution < 1.29 is 9.53 Å². The third-order valence-corrected chi connectivity index (χ3v) is 4.09. The number of pyridine rings is 2. The fourth-order valence-corrected chi connectivity index (χ4v) is 2.51. The zero-order valence-corrected chi connectivity index (χ0v) is 14.8. The van der Waals surface area contributed by atoms with E-state index >= 15 is 0 Å². The Kier molecular flexibility index (Phi) is 5.59. The van der Waals surface area contributed by atoms with Crippen LogP contribution in [-0.4, -0.2) is 15.9 Å². The standard InChI is InChI=1S/C21H21N3O2/c1-15-10-11-19(14-23-15)26-21-18(9-6-12-22-21)13-24-20(25)16(2)17-7-4-3-5-8-17/h3-12,14,16H,13H2,1-2H3,(H,24,25)/t16-/m0/s1. The highest BCUT2D eigenvalue weighted by molar-refractivity contribution is 5.83. The van der Waals surface area contributed by atoms with Gasteiger partial charge in [0.2, 0.25) is 11.8 Å². The number of benzene rings is 1. The van der Waals surface area contributed by atoms with Gasteiger partial charge < -0.3 is 10.1 Å². The molecule has 1 N–H and O–H groups in total. The van der Waals surface area contributed by atoms with E-state index in [-0.39, 0.29) is 11.8 Å². The molecule has 0 radical (unpaired) electrons. The highest BCUT2D eigenvalue weighted by Crippen LogP contribution is 2.22. The van der Waals surface area contributed by atoms with Gasteiger partial charge in [-0.15, -0.1) is 0 Å². The van der Waals surface area contributed by atoms with Crippen LogP contribution in [-0.2, 0) is 11.3 Å². The number of hydrogen-bond donors (Lipinski definition) is 1. The van der Waals surface area contributed by atoms with Gasteiger partial charge in [-0.25, -0.2) is 4.98 Å². The van der Waals surface area contributed by atoms with Crippen molar-refractivity contribution in [2.24, 2.45) is 0 Å². The second-order valence-electron chi connectivity index (χ2n) is 6.06. The Morgan fingerprint density at radius 2 is 1.88 bits per heavy atom. The Hall–Kier alpha value is -3.21. The van der Waals surface area contributed by atoms with Crippen LogP contribution in [0, 0.1) is 6.92 Å². The highest BCUT2D eigenvalue weighted by atomic mass is 16.5. The van der Waals surface area contributed by atoms with Crippen LogP contribution in [0.1, 0.15) is 29.7 Å². The Labute approximate surface area is 153 Å². The molecule has 0 fully saturated rings. The number of carbonyl (C=O) groups excluding carboxylic acids is 1. The van der Waals surface area contributed by atoms with Gasteiger partial charge in [0.15, 0.2) is 0 Å². The molecule has 2 heterocycles. The summed E-state index contributed by atoms with van der Waals surface area (Å²) in [5, 5.41) is 2.96. The number of aromatic nitrogens is 2. The van der Waals surface area contributed by atoms with Crippen LogP contribution in [0.5, 0.6) is 11.6 Å². The SMILES string of the molecule is Cc1ccc(Oc2ncccc2CNC(=O)[C@@H](C)c2ccccc2)cn1. The predicted molar refractivity (Wildman–Crippen MR) is 100.0 cm³/mol. The Balaban J connectivity index is 1.66. The molecule has 0 saturated heterocycles. The lowest BCUT2D eigenvalue weighted by atomic mass is 10.0. The molecule has 2 aromatic heterocycles. The summed E-state index contributed by atoms with van der Waals surface area (Å²) < 4.78 is 5.82. The number of ether oxygens (including phenoxy) is 1. The van der Waals surface area contributed by atoms with Gasteiger partial charge in [0.25, 0.3) is 0 Å². The molecule has 0 spiro atoms. The van der Waals surface area contributed by atoms with Crippen molar-refractivity contribution in [3.8, 4) is 11.6 Å². The molecule has 3 aromatic rings. The second kappa shape index (κ2) is 8.25. The van der Waals surface area contributed by atoms with Gasteiger partial charge in [0.05, 0.1) is 12.1 Å². The van der Waals surface area contributed by atoms with Crippen molar-refractivity contribution in [3.63, 3.8) is 0 Å². The lowest BCUT2D eigenvalue weighted by Crippen LogP contribution is -2.27. The van der Waals surface area contributed by atoms with E-state index in [9.17, 15) is 4.79 Å². The third-order valence-electron chi connectivity index (χ3n) is 4.09. The maximum absolute atomic E-state index is 12.4. The summed E-state index contributed by atoms with van der Waals surface area (Å²) in [6.45, 7) is 4.15. The Bertz CT molecular complexity index is 864. The quantitative estimate of drug-likeness (QED) is 0.732. The molecule has 0 aliphatic carbocycles. The molecule has 5 heteroatoms. The third kappa shape index (κ3) is 4.45. The van der Waals surface area contributed by atoms with Crippen molar-refractivity contribution in [3.05, 3.63) is 83.8 Å². The van der Waals surface area contributed by atoms with Gasteiger partial charge in [0, 0.05) is 24.0 Å². The largest absolute Gasteiger partial charge is 0.437 e. The van der Waals surface area contributed by atoms with Crippen LogP contribution >= 0.6 is 0 Å². The molecule has 3 rings (SSSR count). The predicted octanol–water partition coefficient (Wildman–Crippen LogP) is 4.00. The fourth-order valence-electron chi connectivity index (χ4n) is 2.51. The molecule has 1 amide bonds. The molecule has 0 unspecified atom stereocenters. The zero-order valence-electron chi connectivity index (χ0n) is 14.8.